The maximum atomic E-state index is 13.7. The van der Waals surface area contributed by atoms with Crippen molar-refractivity contribution >= 4 is 22.8 Å². The summed E-state index contributed by atoms with van der Waals surface area (Å²) in [5, 5.41) is 5.59. The highest BCUT2D eigenvalue weighted by Crippen LogP contribution is 2.40. The molecule has 0 unspecified atom stereocenters. The van der Waals surface area contributed by atoms with Gasteiger partial charge in [-0.25, -0.2) is 19.0 Å². The van der Waals surface area contributed by atoms with E-state index in [2.05, 4.69) is 41.2 Å². The first-order chi connectivity index (χ1) is 17.1. The van der Waals surface area contributed by atoms with E-state index in [9.17, 15) is 9.18 Å². The Morgan fingerprint density at radius 3 is 2.60 bits per heavy atom. The number of amides is 1. The number of hydrogen-bond donors (Lipinski definition) is 0. The molecule has 2 aromatic heterocycles. The van der Waals surface area contributed by atoms with E-state index in [0.717, 1.165) is 54.2 Å². The molecular weight excluding hydrogens is 443 g/mol. The van der Waals surface area contributed by atoms with Crippen molar-refractivity contribution in [2.24, 2.45) is 0 Å². The molecule has 7 nitrogen and oxygen atoms in total. The highest BCUT2D eigenvalue weighted by Gasteiger charge is 2.30. The molecule has 0 radical (unpaired) electrons. The van der Waals surface area contributed by atoms with E-state index >= 15 is 0 Å². The SMILES string of the molecule is Cc1ccc(-n2ncc3c(N4CCCN(C(=O)c5cccc(F)c5)CC4)nc(C4CC4)nc32)cc1. The number of carbonyl (C=O) groups is 1. The van der Waals surface area contributed by atoms with Gasteiger partial charge in [0.2, 0.25) is 0 Å². The van der Waals surface area contributed by atoms with E-state index in [-0.39, 0.29) is 5.91 Å². The van der Waals surface area contributed by atoms with Gasteiger partial charge in [0.15, 0.2) is 5.65 Å². The summed E-state index contributed by atoms with van der Waals surface area (Å²) in [6.07, 6.45) is 4.87. The minimum atomic E-state index is -0.395. The van der Waals surface area contributed by atoms with Crippen molar-refractivity contribution in [2.45, 2.75) is 32.1 Å². The number of aryl methyl sites for hydroxylation is 1. The minimum absolute atomic E-state index is 0.134. The molecular formula is C27H27FN6O. The first-order valence-electron chi connectivity index (χ1n) is 12.2. The number of halogens is 1. The molecule has 0 bridgehead atoms. The second kappa shape index (κ2) is 8.76. The zero-order chi connectivity index (χ0) is 23.9. The smallest absolute Gasteiger partial charge is 0.254 e. The molecule has 2 aliphatic rings. The van der Waals surface area contributed by atoms with E-state index in [1.807, 2.05) is 15.8 Å². The Hall–Kier alpha value is -3.81. The maximum Gasteiger partial charge on any atom is 0.254 e. The standard InChI is InChI=1S/C27H27FN6O/c1-18-6-10-22(11-7-18)34-26-23(17-29-34)25(30-24(31-26)19-8-9-19)32-12-3-13-33(15-14-32)27(35)20-4-2-5-21(28)16-20/h2,4-7,10-11,16-17,19H,3,8-9,12-15H2,1H3. The molecule has 1 aliphatic carbocycles. The van der Waals surface area contributed by atoms with Gasteiger partial charge in [0.05, 0.1) is 17.3 Å². The van der Waals surface area contributed by atoms with Crippen LogP contribution in [0.15, 0.2) is 54.7 Å². The third kappa shape index (κ3) is 4.24. The van der Waals surface area contributed by atoms with E-state index in [1.54, 1.807) is 12.1 Å². The number of fused-ring (bicyclic) bond motifs is 1. The molecule has 0 spiro atoms. The second-order valence-corrected chi connectivity index (χ2v) is 9.45. The second-order valence-electron chi connectivity index (χ2n) is 9.45. The molecule has 1 amide bonds. The quantitative estimate of drug-likeness (QED) is 0.440. The Kier molecular flexibility index (Phi) is 5.43. The Bertz CT molecular complexity index is 1390. The molecule has 0 atom stereocenters. The molecule has 3 heterocycles. The molecule has 178 valence electrons. The van der Waals surface area contributed by atoms with E-state index in [4.69, 9.17) is 9.97 Å². The van der Waals surface area contributed by atoms with E-state index in [1.165, 1.54) is 17.7 Å². The largest absolute Gasteiger partial charge is 0.354 e. The third-order valence-electron chi connectivity index (χ3n) is 6.80. The van der Waals surface area contributed by atoms with Gasteiger partial charge in [-0.2, -0.15) is 5.10 Å². The highest BCUT2D eigenvalue weighted by atomic mass is 19.1. The first-order valence-corrected chi connectivity index (χ1v) is 12.2. The summed E-state index contributed by atoms with van der Waals surface area (Å²) >= 11 is 0. The lowest BCUT2D eigenvalue weighted by atomic mass is 10.2. The Morgan fingerprint density at radius 1 is 1.00 bits per heavy atom. The van der Waals surface area contributed by atoms with Gasteiger partial charge in [-0.3, -0.25) is 4.79 Å². The van der Waals surface area contributed by atoms with Crippen molar-refractivity contribution in [2.75, 3.05) is 31.1 Å². The van der Waals surface area contributed by atoms with Gasteiger partial charge in [0.1, 0.15) is 17.5 Å². The minimum Gasteiger partial charge on any atom is -0.354 e. The molecule has 1 aliphatic heterocycles. The molecule has 1 saturated carbocycles. The number of aromatic nitrogens is 4. The van der Waals surface area contributed by atoms with Crippen LogP contribution in [-0.2, 0) is 0 Å². The lowest BCUT2D eigenvalue weighted by molar-refractivity contribution is 0.0766. The Balaban J connectivity index is 1.32. The molecule has 0 N–H and O–H groups in total. The van der Waals surface area contributed by atoms with Crippen LogP contribution >= 0.6 is 0 Å². The number of carbonyl (C=O) groups excluding carboxylic acids is 1. The van der Waals surface area contributed by atoms with Crippen LogP contribution in [0, 0.1) is 12.7 Å². The highest BCUT2D eigenvalue weighted by molar-refractivity contribution is 5.94. The first kappa shape index (κ1) is 21.7. The van der Waals surface area contributed by atoms with Crippen LogP contribution in [0.4, 0.5) is 10.2 Å². The van der Waals surface area contributed by atoms with Gasteiger partial charge in [0, 0.05) is 37.7 Å². The predicted octanol–water partition coefficient (Wildman–Crippen LogP) is 4.49. The molecule has 6 rings (SSSR count). The topological polar surface area (TPSA) is 67.2 Å². The van der Waals surface area contributed by atoms with Gasteiger partial charge >= 0.3 is 0 Å². The van der Waals surface area contributed by atoms with Crippen molar-refractivity contribution in [1.29, 1.82) is 0 Å². The third-order valence-corrected chi connectivity index (χ3v) is 6.80. The van der Waals surface area contributed by atoms with Crippen LogP contribution in [0.2, 0.25) is 0 Å². The maximum absolute atomic E-state index is 13.7. The van der Waals surface area contributed by atoms with Gasteiger partial charge in [-0.1, -0.05) is 23.8 Å². The molecule has 35 heavy (non-hydrogen) atoms. The summed E-state index contributed by atoms with van der Waals surface area (Å²) < 4.78 is 15.6. The summed E-state index contributed by atoms with van der Waals surface area (Å²) in [7, 11) is 0. The van der Waals surface area contributed by atoms with Gasteiger partial charge in [-0.15, -0.1) is 0 Å². The van der Waals surface area contributed by atoms with Crippen LogP contribution in [0.25, 0.3) is 16.7 Å². The summed E-state index contributed by atoms with van der Waals surface area (Å²) in [6, 6.07) is 14.2. The van der Waals surface area contributed by atoms with Crippen molar-refractivity contribution in [3.63, 3.8) is 0 Å². The average Bonchev–Trinajstić information content (AvgIpc) is 3.67. The number of anilines is 1. The number of benzene rings is 2. The van der Waals surface area contributed by atoms with Crippen LogP contribution in [0.1, 0.15) is 46.9 Å². The monoisotopic (exact) mass is 470 g/mol. The van der Waals surface area contributed by atoms with Crippen LogP contribution < -0.4 is 4.90 Å². The van der Waals surface area contributed by atoms with Crippen molar-refractivity contribution in [3.05, 3.63) is 77.5 Å². The molecule has 2 fully saturated rings. The summed E-state index contributed by atoms with van der Waals surface area (Å²) in [4.78, 5) is 27.0. The zero-order valence-corrected chi connectivity index (χ0v) is 19.7. The molecule has 4 aromatic rings. The van der Waals surface area contributed by atoms with Gasteiger partial charge < -0.3 is 9.80 Å². The Morgan fingerprint density at radius 2 is 1.83 bits per heavy atom. The van der Waals surface area contributed by atoms with Crippen LogP contribution in [0.3, 0.4) is 0 Å². The number of rotatable bonds is 4. The van der Waals surface area contributed by atoms with Gasteiger partial charge in [0.25, 0.3) is 5.91 Å². The van der Waals surface area contributed by atoms with Gasteiger partial charge in [-0.05, 0) is 56.5 Å². The molecule has 2 aromatic carbocycles. The van der Waals surface area contributed by atoms with Crippen LogP contribution in [0.5, 0.6) is 0 Å². The average molecular weight is 471 g/mol. The lowest BCUT2D eigenvalue weighted by Crippen LogP contribution is -2.35. The van der Waals surface area contributed by atoms with Crippen molar-refractivity contribution < 1.29 is 9.18 Å². The van der Waals surface area contributed by atoms with E-state index in [0.29, 0.717) is 31.1 Å². The van der Waals surface area contributed by atoms with Crippen LogP contribution in [-0.4, -0.2) is 56.7 Å². The van der Waals surface area contributed by atoms with Crippen molar-refractivity contribution in [1.82, 2.24) is 24.6 Å². The summed E-state index contributed by atoms with van der Waals surface area (Å²) in [6.45, 7) is 4.66. The zero-order valence-electron chi connectivity index (χ0n) is 19.7. The fourth-order valence-electron chi connectivity index (χ4n) is 4.69. The fraction of sp³-hybridized carbons (Fsp3) is 0.333. The van der Waals surface area contributed by atoms with Crippen molar-refractivity contribution in [3.8, 4) is 5.69 Å². The lowest BCUT2D eigenvalue weighted by Gasteiger charge is -2.24. The predicted molar refractivity (Wildman–Crippen MR) is 133 cm³/mol. The molecule has 1 saturated heterocycles. The number of nitrogens with zero attached hydrogens (tertiary/aromatic N) is 6. The van der Waals surface area contributed by atoms with E-state index < -0.39 is 5.82 Å². The summed E-state index contributed by atoms with van der Waals surface area (Å²) in [5.41, 5.74) is 3.37. The normalized spacial score (nSPS) is 16.5. The fourth-order valence-corrected chi connectivity index (χ4v) is 4.69. The number of hydrogen-bond acceptors (Lipinski definition) is 5. The Labute approximate surface area is 203 Å². The molecule has 8 heteroatoms. The summed E-state index contributed by atoms with van der Waals surface area (Å²) in [5.74, 6) is 1.63.